The lowest BCUT2D eigenvalue weighted by atomic mass is 9.77. The number of hydrogen-bond donors (Lipinski definition) is 5. The molecule has 3 aliphatic rings. The predicted octanol–water partition coefficient (Wildman–Crippen LogP) is 2.43. The average Bonchev–Trinajstić information content (AvgIpc) is 3.09. The van der Waals surface area contributed by atoms with Crippen molar-refractivity contribution in [2.75, 3.05) is 34.8 Å². The molecule has 3 saturated heterocycles. The van der Waals surface area contributed by atoms with E-state index in [1.54, 1.807) is 47.6 Å². The second-order valence-electron chi connectivity index (χ2n) is 17.4. The molecule has 0 unspecified atom stereocenters. The molecule has 3 aliphatic heterocycles. The smallest absolute Gasteiger partial charge is 0.311 e. The van der Waals surface area contributed by atoms with Crippen LogP contribution in [0.3, 0.4) is 0 Å². The highest BCUT2D eigenvalue weighted by molar-refractivity contribution is 5.73. The van der Waals surface area contributed by atoms with Crippen molar-refractivity contribution in [3.05, 3.63) is 0 Å². The van der Waals surface area contributed by atoms with E-state index in [-0.39, 0.29) is 37.3 Å². The zero-order valence-corrected chi connectivity index (χ0v) is 36.1. The molecule has 0 aromatic rings. The first kappa shape index (κ1) is 49.6. The summed E-state index contributed by atoms with van der Waals surface area (Å²) in [5, 5.41) is 65.5. The zero-order chi connectivity index (χ0) is 42.4. The summed E-state index contributed by atoms with van der Waals surface area (Å²) >= 11 is 0. The molecule has 0 saturated carbocycles. The lowest BCUT2D eigenvalue weighted by Gasteiger charge is -2.48. The van der Waals surface area contributed by atoms with Gasteiger partial charge in [0.1, 0.15) is 30.0 Å². The summed E-state index contributed by atoms with van der Waals surface area (Å²) in [6.07, 6.45) is -8.19. The highest BCUT2D eigenvalue weighted by Crippen LogP contribution is 2.40. The van der Waals surface area contributed by atoms with Crippen molar-refractivity contribution < 1.29 is 58.7 Å². The fourth-order valence-corrected chi connectivity index (χ4v) is 8.74. The van der Waals surface area contributed by atoms with Crippen LogP contribution in [0.25, 0.3) is 0 Å². The first-order chi connectivity index (χ1) is 25.3. The molecule has 0 amide bonds. The van der Waals surface area contributed by atoms with Crippen LogP contribution in [-0.2, 0) is 33.2 Å². The summed E-state index contributed by atoms with van der Waals surface area (Å²) in [4.78, 5) is 18.0. The van der Waals surface area contributed by atoms with Gasteiger partial charge in [0, 0.05) is 45.0 Å². The van der Waals surface area contributed by atoms with Crippen molar-refractivity contribution in [2.24, 2.45) is 17.8 Å². The molecular formula is C40H75N3O12. The van der Waals surface area contributed by atoms with Gasteiger partial charge in [-0.3, -0.25) is 4.79 Å². The van der Waals surface area contributed by atoms with Gasteiger partial charge >= 0.3 is 5.97 Å². The molecule has 3 rings (SSSR count). The maximum atomic E-state index is 14.2. The Kier molecular flexibility index (Phi) is 18.4. The molecule has 15 nitrogen and oxygen atoms in total. The van der Waals surface area contributed by atoms with E-state index < -0.39 is 96.0 Å². The highest BCUT2D eigenvalue weighted by Gasteiger charge is 2.52. The van der Waals surface area contributed by atoms with Crippen molar-refractivity contribution in [2.45, 2.75) is 192 Å². The Morgan fingerprint density at radius 2 is 1.56 bits per heavy atom. The van der Waals surface area contributed by atoms with E-state index in [0.29, 0.717) is 13.0 Å². The molecule has 0 aromatic carbocycles. The summed E-state index contributed by atoms with van der Waals surface area (Å²) < 4.78 is 37.5. The largest absolute Gasteiger partial charge is 0.459 e. The van der Waals surface area contributed by atoms with Crippen LogP contribution in [0.2, 0.25) is 0 Å². The van der Waals surface area contributed by atoms with Crippen LogP contribution in [0, 0.1) is 29.1 Å². The molecule has 0 spiro atoms. The van der Waals surface area contributed by atoms with Crippen molar-refractivity contribution >= 4 is 5.97 Å². The van der Waals surface area contributed by atoms with Crippen LogP contribution in [0.4, 0.5) is 0 Å². The number of rotatable bonds is 7. The van der Waals surface area contributed by atoms with Gasteiger partial charge in [-0.15, -0.1) is 0 Å². The summed E-state index contributed by atoms with van der Waals surface area (Å²) in [6.45, 7) is 19.5. The molecule has 322 valence electrons. The maximum absolute atomic E-state index is 14.2. The van der Waals surface area contributed by atoms with E-state index in [2.05, 4.69) is 0 Å². The third-order valence-electron chi connectivity index (χ3n) is 12.2. The molecule has 55 heavy (non-hydrogen) atoms. The van der Waals surface area contributed by atoms with Gasteiger partial charge in [-0.2, -0.15) is 5.26 Å². The van der Waals surface area contributed by atoms with Crippen molar-refractivity contribution in [1.82, 2.24) is 9.80 Å². The van der Waals surface area contributed by atoms with E-state index in [1.165, 1.54) is 21.0 Å². The van der Waals surface area contributed by atoms with E-state index in [1.807, 2.05) is 51.7 Å². The van der Waals surface area contributed by atoms with Gasteiger partial charge in [0.05, 0.1) is 47.6 Å². The second kappa shape index (κ2) is 20.4. The molecule has 0 aromatic heterocycles. The Labute approximate surface area is 330 Å². The molecule has 0 bridgehead atoms. The van der Waals surface area contributed by atoms with E-state index >= 15 is 0 Å². The monoisotopic (exact) mass is 790 g/mol. The zero-order valence-electron chi connectivity index (χ0n) is 36.1. The number of likely N-dealkylation sites (N-methyl/N-ethyl adjacent to an activating group) is 2. The van der Waals surface area contributed by atoms with Crippen LogP contribution >= 0.6 is 0 Å². The maximum Gasteiger partial charge on any atom is 0.311 e. The first-order valence-electron chi connectivity index (χ1n) is 19.9. The number of aliphatic hydroxyl groups excluding tert-OH is 3. The average molecular weight is 790 g/mol. The number of nitrogens with zero attached hydrogens (tertiary/aromatic N) is 3. The Morgan fingerprint density at radius 3 is 2.09 bits per heavy atom. The molecule has 0 aliphatic carbocycles. The Hall–Kier alpha value is -1.52. The minimum absolute atomic E-state index is 0.133. The number of cyclic esters (lactones) is 1. The van der Waals surface area contributed by atoms with Crippen molar-refractivity contribution in [3.63, 3.8) is 0 Å². The van der Waals surface area contributed by atoms with Crippen molar-refractivity contribution in [3.8, 4) is 6.07 Å². The van der Waals surface area contributed by atoms with Gasteiger partial charge in [-0.1, -0.05) is 20.8 Å². The SMILES string of the molecule is CC#N.CC[C@H]1OC(=O)[C@H](C)[C@@H](O[C@H]2C[C@@](C)(OC)[C@@H](O)[C@H](C)O2)[C@H](C)[C@@H](O[C@@H]2O[C@H](C)C[C@H](N(C)C)[C@H]2O)[C@](C)(O)C[C@@H](C)CN(C)[C@H](C)[C@@H](O)[C@]1(C)O. The number of aliphatic hydroxyl groups is 5. The summed E-state index contributed by atoms with van der Waals surface area (Å²) in [6, 6.07) is 0.942. The lowest BCUT2D eigenvalue weighted by Crippen LogP contribution is -2.60. The standard InChI is InChI=1S/C38H72N2O12.C2H3N/c1-15-27-38(10,46)31(42)24(6)40(13)19-20(2)17-36(8,45)33(52-35-29(41)26(39(11)12)16-21(3)48-35)22(4)30(23(5)34(44)50-27)51-28-18-37(9,47-14)32(43)25(7)49-28;1-2-3/h20-33,35,41-43,45-46H,15-19H2,1-14H3;1H3/t20-,21-,22+,23-,24-,25+,26+,27-,28+,29-,30+,31-,32+,33-,35+,36-,37-,38-;/m1./s1. The number of hydrogen-bond acceptors (Lipinski definition) is 15. The number of methoxy groups -OCH3 is 1. The van der Waals surface area contributed by atoms with Crippen LogP contribution in [-0.4, -0.2) is 166 Å². The highest BCUT2D eigenvalue weighted by atomic mass is 16.7. The predicted molar refractivity (Wildman–Crippen MR) is 205 cm³/mol. The number of ether oxygens (including phenoxy) is 6. The topological polar surface area (TPSA) is 204 Å². The van der Waals surface area contributed by atoms with Gasteiger partial charge in [-0.25, -0.2) is 0 Å². The normalized spacial score (nSPS) is 47.1. The Bertz CT molecular complexity index is 1230. The van der Waals surface area contributed by atoms with Gasteiger partial charge in [-0.05, 0) is 94.8 Å². The number of carbonyl (C=O) groups excluding carboxylic acids is 1. The van der Waals surface area contributed by atoms with Crippen molar-refractivity contribution in [1.29, 1.82) is 5.26 Å². The number of esters is 1. The molecule has 18 atom stereocenters. The minimum atomic E-state index is -1.80. The van der Waals surface area contributed by atoms with E-state index in [0.717, 1.165) is 0 Å². The second-order valence-corrected chi connectivity index (χ2v) is 17.4. The quantitative estimate of drug-likeness (QED) is 0.235. The summed E-state index contributed by atoms with van der Waals surface area (Å²) in [7, 11) is 7.12. The summed E-state index contributed by atoms with van der Waals surface area (Å²) in [5.41, 5.74) is -4.37. The number of carbonyl (C=O) groups is 1. The van der Waals surface area contributed by atoms with Crippen LogP contribution in [0.5, 0.6) is 0 Å². The van der Waals surface area contributed by atoms with Gasteiger partial charge in [0.2, 0.25) is 0 Å². The molecular weight excluding hydrogens is 714 g/mol. The van der Waals surface area contributed by atoms with E-state index in [4.69, 9.17) is 33.7 Å². The number of nitriles is 1. The lowest BCUT2D eigenvalue weighted by molar-refractivity contribution is -0.318. The molecule has 5 N–H and O–H groups in total. The van der Waals surface area contributed by atoms with Gasteiger partial charge < -0.3 is 63.8 Å². The van der Waals surface area contributed by atoms with Crippen LogP contribution in [0.15, 0.2) is 0 Å². The molecule has 3 fully saturated rings. The third kappa shape index (κ3) is 12.0. The minimum Gasteiger partial charge on any atom is -0.459 e. The van der Waals surface area contributed by atoms with Gasteiger partial charge in [0.15, 0.2) is 12.6 Å². The molecule has 3 heterocycles. The van der Waals surface area contributed by atoms with Crippen LogP contribution in [0.1, 0.15) is 102 Å². The molecule has 0 radical (unpaired) electrons. The fraction of sp³-hybridized carbons (Fsp3) is 0.950. The van der Waals surface area contributed by atoms with Crippen LogP contribution < -0.4 is 0 Å². The van der Waals surface area contributed by atoms with E-state index in [9.17, 15) is 30.3 Å². The van der Waals surface area contributed by atoms with Gasteiger partial charge in [0.25, 0.3) is 0 Å². The fourth-order valence-electron chi connectivity index (χ4n) is 8.74. The molecule has 15 heteroatoms. The Balaban J connectivity index is 0.00000337. The Morgan fingerprint density at radius 1 is 0.982 bits per heavy atom. The summed E-state index contributed by atoms with van der Waals surface area (Å²) in [5.74, 6) is -2.58. The third-order valence-corrected chi connectivity index (χ3v) is 12.2. The first-order valence-corrected chi connectivity index (χ1v) is 19.9.